The molecule has 0 spiro atoms. The molecule has 0 aromatic heterocycles. The van der Waals surface area contributed by atoms with E-state index in [0.717, 1.165) is 17.9 Å². The van der Waals surface area contributed by atoms with Crippen LogP contribution in [-0.2, 0) is 0 Å². The van der Waals surface area contributed by atoms with E-state index in [-0.39, 0.29) is 0 Å². The first-order valence-electron chi connectivity index (χ1n) is 7.70. The summed E-state index contributed by atoms with van der Waals surface area (Å²) in [7, 11) is 0. The summed E-state index contributed by atoms with van der Waals surface area (Å²) in [5.41, 5.74) is 0. The Labute approximate surface area is 107 Å². The van der Waals surface area contributed by atoms with Gasteiger partial charge in [0.15, 0.2) is 0 Å². The van der Waals surface area contributed by atoms with E-state index in [4.69, 9.17) is 0 Å². The standard InChI is InChI=1S/C15H30N2/c1-13(2)12-17-10-7-15(8-11-17)16-9-6-14-4-3-5-14/h13-16H,3-12H2,1-2H3. The third-order valence-electron chi connectivity index (χ3n) is 4.42. The van der Waals surface area contributed by atoms with Gasteiger partial charge in [-0.25, -0.2) is 0 Å². The van der Waals surface area contributed by atoms with Crippen molar-refractivity contribution >= 4 is 0 Å². The first-order chi connectivity index (χ1) is 8.24. The number of likely N-dealkylation sites (tertiary alicyclic amines) is 1. The molecule has 1 heterocycles. The van der Waals surface area contributed by atoms with Crippen LogP contribution < -0.4 is 5.32 Å². The summed E-state index contributed by atoms with van der Waals surface area (Å²) >= 11 is 0. The van der Waals surface area contributed by atoms with E-state index in [1.165, 1.54) is 64.7 Å². The van der Waals surface area contributed by atoms with Crippen LogP contribution in [0.5, 0.6) is 0 Å². The second-order valence-corrected chi connectivity index (χ2v) is 6.51. The zero-order chi connectivity index (χ0) is 12.1. The van der Waals surface area contributed by atoms with Crippen LogP contribution in [0.3, 0.4) is 0 Å². The predicted molar refractivity (Wildman–Crippen MR) is 74.3 cm³/mol. The molecule has 1 aliphatic heterocycles. The molecule has 0 atom stereocenters. The van der Waals surface area contributed by atoms with Gasteiger partial charge in [0.1, 0.15) is 0 Å². The molecule has 2 rings (SSSR count). The molecule has 0 unspecified atom stereocenters. The van der Waals surface area contributed by atoms with Crippen LogP contribution in [0.2, 0.25) is 0 Å². The number of nitrogens with one attached hydrogen (secondary N) is 1. The highest BCUT2D eigenvalue weighted by atomic mass is 15.1. The molecule has 17 heavy (non-hydrogen) atoms. The fraction of sp³-hybridized carbons (Fsp3) is 1.00. The van der Waals surface area contributed by atoms with Gasteiger partial charge in [-0.15, -0.1) is 0 Å². The van der Waals surface area contributed by atoms with Crippen molar-refractivity contribution in [3.05, 3.63) is 0 Å². The fourth-order valence-electron chi connectivity index (χ4n) is 3.11. The molecule has 0 aromatic rings. The van der Waals surface area contributed by atoms with Crippen LogP contribution in [0.15, 0.2) is 0 Å². The third kappa shape index (κ3) is 4.59. The molecule has 1 saturated carbocycles. The lowest BCUT2D eigenvalue weighted by molar-refractivity contribution is 0.177. The Morgan fingerprint density at radius 1 is 1.12 bits per heavy atom. The van der Waals surface area contributed by atoms with Crippen molar-refractivity contribution in [1.29, 1.82) is 0 Å². The largest absolute Gasteiger partial charge is 0.314 e. The number of hydrogen-bond donors (Lipinski definition) is 1. The highest BCUT2D eigenvalue weighted by molar-refractivity contribution is 4.78. The molecule has 2 fully saturated rings. The topological polar surface area (TPSA) is 15.3 Å². The normalized spacial score (nSPS) is 24.2. The van der Waals surface area contributed by atoms with Gasteiger partial charge in [-0.1, -0.05) is 33.1 Å². The van der Waals surface area contributed by atoms with E-state index in [1.807, 2.05) is 0 Å². The number of rotatable bonds is 6. The van der Waals surface area contributed by atoms with Gasteiger partial charge in [-0.05, 0) is 50.7 Å². The Morgan fingerprint density at radius 2 is 1.82 bits per heavy atom. The predicted octanol–water partition coefficient (Wildman–Crippen LogP) is 2.89. The van der Waals surface area contributed by atoms with Gasteiger partial charge < -0.3 is 10.2 Å². The SMILES string of the molecule is CC(C)CN1CCC(NCCC2CCC2)CC1. The van der Waals surface area contributed by atoms with Crippen molar-refractivity contribution in [1.82, 2.24) is 10.2 Å². The molecule has 0 amide bonds. The molecule has 0 radical (unpaired) electrons. The highest BCUT2D eigenvalue weighted by Crippen LogP contribution is 2.28. The maximum Gasteiger partial charge on any atom is 0.00914 e. The molecule has 2 nitrogen and oxygen atoms in total. The summed E-state index contributed by atoms with van der Waals surface area (Å²) in [4.78, 5) is 2.63. The smallest absolute Gasteiger partial charge is 0.00914 e. The molecule has 0 aromatic carbocycles. The van der Waals surface area contributed by atoms with E-state index >= 15 is 0 Å². The van der Waals surface area contributed by atoms with Crippen molar-refractivity contribution in [3.8, 4) is 0 Å². The van der Waals surface area contributed by atoms with E-state index < -0.39 is 0 Å². The average Bonchev–Trinajstić information content (AvgIpc) is 2.23. The van der Waals surface area contributed by atoms with Gasteiger partial charge in [0.25, 0.3) is 0 Å². The number of hydrogen-bond acceptors (Lipinski definition) is 2. The van der Waals surface area contributed by atoms with Crippen LogP contribution in [0.25, 0.3) is 0 Å². The lowest BCUT2D eigenvalue weighted by Crippen LogP contribution is -2.44. The minimum absolute atomic E-state index is 0.804. The Bertz CT molecular complexity index is 203. The van der Waals surface area contributed by atoms with Gasteiger partial charge in [-0.2, -0.15) is 0 Å². The van der Waals surface area contributed by atoms with Crippen LogP contribution in [0.4, 0.5) is 0 Å². The summed E-state index contributed by atoms with van der Waals surface area (Å²) in [6, 6.07) is 0.804. The molecule has 1 N–H and O–H groups in total. The third-order valence-corrected chi connectivity index (χ3v) is 4.42. The lowest BCUT2D eigenvalue weighted by atomic mass is 9.83. The highest BCUT2D eigenvalue weighted by Gasteiger charge is 2.20. The number of piperidine rings is 1. The molecule has 100 valence electrons. The zero-order valence-corrected chi connectivity index (χ0v) is 11.8. The summed E-state index contributed by atoms with van der Waals surface area (Å²) < 4.78 is 0. The van der Waals surface area contributed by atoms with Gasteiger partial charge in [0.2, 0.25) is 0 Å². The van der Waals surface area contributed by atoms with Crippen molar-refractivity contribution in [2.24, 2.45) is 11.8 Å². The van der Waals surface area contributed by atoms with Crippen LogP contribution >= 0.6 is 0 Å². The Kier molecular flexibility index (Phi) is 5.30. The molecule has 2 aliphatic rings. The summed E-state index contributed by atoms with van der Waals surface area (Å²) in [5, 5.41) is 3.77. The monoisotopic (exact) mass is 238 g/mol. The van der Waals surface area contributed by atoms with Crippen molar-refractivity contribution in [2.75, 3.05) is 26.2 Å². The average molecular weight is 238 g/mol. The first kappa shape index (κ1) is 13.4. The second kappa shape index (κ2) is 6.75. The van der Waals surface area contributed by atoms with Gasteiger partial charge >= 0.3 is 0 Å². The van der Waals surface area contributed by atoms with E-state index in [0.29, 0.717) is 0 Å². The number of nitrogens with zero attached hydrogens (tertiary/aromatic N) is 1. The Balaban J connectivity index is 1.52. The van der Waals surface area contributed by atoms with Crippen molar-refractivity contribution < 1.29 is 0 Å². The molecule has 2 heteroatoms. The summed E-state index contributed by atoms with van der Waals surface area (Å²) in [5.74, 6) is 1.88. The summed E-state index contributed by atoms with van der Waals surface area (Å²) in [6.07, 6.45) is 8.61. The second-order valence-electron chi connectivity index (χ2n) is 6.51. The Morgan fingerprint density at radius 3 is 2.35 bits per heavy atom. The van der Waals surface area contributed by atoms with Crippen LogP contribution in [-0.4, -0.2) is 37.1 Å². The van der Waals surface area contributed by atoms with Crippen molar-refractivity contribution in [3.63, 3.8) is 0 Å². The lowest BCUT2D eigenvalue weighted by Gasteiger charge is -2.34. The van der Waals surface area contributed by atoms with Gasteiger partial charge in [0, 0.05) is 12.6 Å². The van der Waals surface area contributed by atoms with E-state index in [9.17, 15) is 0 Å². The van der Waals surface area contributed by atoms with Crippen molar-refractivity contribution in [2.45, 2.75) is 58.4 Å². The first-order valence-corrected chi connectivity index (χ1v) is 7.70. The van der Waals surface area contributed by atoms with Gasteiger partial charge in [-0.3, -0.25) is 0 Å². The van der Waals surface area contributed by atoms with E-state index in [2.05, 4.69) is 24.1 Å². The zero-order valence-electron chi connectivity index (χ0n) is 11.8. The molecule has 0 bridgehead atoms. The van der Waals surface area contributed by atoms with Crippen LogP contribution in [0.1, 0.15) is 52.4 Å². The minimum Gasteiger partial charge on any atom is -0.314 e. The quantitative estimate of drug-likeness (QED) is 0.765. The van der Waals surface area contributed by atoms with E-state index in [1.54, 1.807) is 0 Å². The molecular formula is C15H30N2. The van der Waals surface area contributed by atoms with Crippen LogP contribution in [0, 0.1) is 11.8 Å². The maximum atomic E-state index is 3.77. The Hall–Kier alpha value is -0.0800. The summed E-state index contributed by atoms with van der Waals surface area (Å²) in [6.45, 7) is 9.80. The maximum absolute atomic E-state index is 3.77. The molecular weight excluding hydrogens is 208 g/mol. The molecule has 1 saturated heterocycles. The fourth-order valence-corrected chi connectivity index (χ4v) is 3.11. The van der Waals surface area contributed by atoms with Gasteiger partial charge in [0.05, 0.1) is 0 Å². The molecule has 1 aliphatic carbocycles. The minimum atomic E-state index is 0.804.